The Hall–Kier alpha value is -1.35. The first-order valence-electron chi connectivity index (χ1n) is 6.57. The molecule has 1 amide bonds. The molecule has 0 aliphatic carbocycles. The highest BCUT2D eigenvalue weighted by Gasteiger charge is 2.23. The van der Waals surface area contributed by atoms with Gasteiger partial charge in [0.25, 0.3) is 5.91 Å². The van der Waals surface area contributed by atoms with E-state index in [-0.39, 0.29) is 18.1 Å². The van der Waals surface area contributed by atoms with E-state index in [2.05, 4.69) is 5.32 Å². The SMILES string of the molecule is Cc1ccc(C(=O)N[C@@H](C)[C@H]2CCCO2)cc1C. The van der Waals surface area contributed by atoms with Gasteiger partial charge in [-0.2, -0.15) is 0 Å². The fourth-order valence-corrected chi connectivity index (χ4v) is 2.26. The summed E-state index contributed by atoms with van der Waals surface area (Å²) < 4.78 is 5.58. The number of benzene rings is 1. The number of hydrogen-bond acceptors (Lipinski definition) is 2. The number of carbonyl (C=O) groups excluding carboxylic acids is 1. The van der Waals surface area contributed by atoms with E-state index in [9.17, 15) is 4.79 Å². The fourth-order valence-electron chi connectivity index (χ4n) is 2.26. The summed E-state index contributed by atoms with van der Waals surface area (Å²) in [5, 5.41) is 3.02. The van der Waals surface area contributed by atoms with E-state index < -0.39 is 0 Å². The zero-order valence-electron chi connectivity index (χ0n) is 11.3. The van der Waals surface area contributed by atoms with Crippen molar-refractivity contribution in [2.24, 2.45) is 0 Å². The molecule has 1 heterocycles. The largest absolute Gasteiger partial charge is 0.376 e. The van der Waals surface area contributed by atoms with E-state index >= 15 is 0 Å². The molecule has 0 radical (unpaired) electrons. The first kappa shape index (κ1) is 13.1. The van der Waals surface area contributed by atoms with Crippen molar-refractivity contribution >= 4 is 5.91 Å². The van der Waals surface area contributed by atoms with Crippen molar-refractivity contribution in [1.82, 2.24) is 5.32 Å². The van der Waals surface area contributed by atoms with Crippen molar-refractivity contribution in [3.05, 3.63) is 34.9 Å². The van der Waals surface area contributed by atoms with Gasteiger partial charge in [0.2, 0.25) is 0 Å². The quantitative estimate of drug-likeness (QED) is 0.891. The molecule has 1 saturated heterocycles. The van der Waals surface area contributed by atoms with Crippen LogP contribution in [0.1, 0.15) is 41.3 Å². The maximum atomic E-state index is 12.1. The first-order valence-corrected chi connectivity index (χ1v) is 6.57. The smallest absolute Gasteiger partial charge is 0.251 e. The van der Waals surface area contributed by atoms with Gasteiger partial charge in [-0.3, -0.25) is 4.79 Å². The second-order valence-corrected chi connectivity index (χ2v) is 5.11. The van der Waals surface area contributed by atoms with Crippen LogP contribution in [-0.4, -0.2) is 24.7 Å². The third-order valence-corrected chi connectivity index (χ3v) is 3.65. The van der Waals surface area contributed by atoms with Gasteiger partial charge >= 0.3 is 0 Å². The molecule has 2 rings (SSSR count). The monoisotopic (exact) mass is 247 g/mol. The van der Waals surface area contributed by atoms with E-state index in [1.807, 2.05) is 39.0 Å². The molecule has 1 N–H and O–H groups in total. The minimum absolute atomic E-state index is 0.0129. The Morgan fingerprint density at radius 3 is 2.78 bits per heavy atom. The summed E-state index contributed by atoms with van der Waals surface area (Å²) in [6.07, 6.45) is 2.29. The van der Waals surface area contributed by atoms with Crippen LogP contribution < -0.4 is 5.32 Å². The molecule has 0 unspecified atom stereocenters. The average Bonchev–Trinajstić information content (AvgIpc) is 2.86. The predicted octanol–water partition coefficient (Wildman–Crippen LogP) is 2.60. The lowest BCUT2D eigenvalue weighted by molar-refractivity contribution is 0.0712. The highest BCUT2D eigenvalue weighted by Crippen LogP contribution is 2.16. The number of ether oxygens (including phenoxy) is 1. The van der Waals surface area contributed by atoms with Crippen LogP contribution in [0.25, 0.3) is 0 Å². The minimum atomic E-state index is -0.0129. The molecule has 0 saturated carbocycles. The Bertz CT molecular complexity index is 436. The average molecular weight is 247 g/mol. The molecule has 1 aliphatic rings. The van der Waals surface area contributed by atoms with Crippen molar-refractivity contribution < 1.29 is 9.53 Å². The Balaban J connectivity index is 2.00. The molecule has 2 atom stereocenters. The molecule has 1 aromatic rings. The number of carbonyl (C=O) groups is 1. The number of nitrogens with one attached hydrogen (secondary N) is 1. The lowest BCUT2D eigenvalue weighted by Crippen LogP contribution is -2.40. The number of aryl methyl sites for hydroxylation is 2. The Morgan fingerprint density at radius 2 is 2.17 bits per heavy atom. The maximum absolute atomic E-state index is 12.1. The van der Waals surface area contributed by atoms with Crippen LogP contribution in [0.4, 0.5) is 0 Å². The van der Waals surface area contributed by atoms with E-state index in [1.54, 1.807) is 0 Å². The zero-order chi connectivity index (χ0) is 13.1. The molecule has 0 bridgehead atoms. The van der Waals surface area contributed by atoms with Gasteiger partial charge < -0.3 is 10.1 Å². The number of hydrogen-bond donors (Lipinski definition) is 1. The van der Waals surface area contributed by atoms with Crippen molar-refractivity contribution in [3.8, 4) is 0 Å². The van der Waals surface area contributed by atoms with Crippen LogP contribution >= 0.6 is 0 Å². The molecule has 3 nitrogen and oxygen atoms in total. The predicted molar refractivity (Wildman–Crippen MR) is 71.8 cm³/mol. The van der Waals surface area contributed by atoms with Crippen molar-refractivity contribution in [1.29, 1.82) is 0 Å². The number of rotatable bonds is 3. The summed E-state index contributed by atoms with van der Waals surface area (Å²) in [6.45, 7) is 6.89. The molecular formula is C15H21NO2. The molecular weight excluding hydrogens is 226 g/mol. The lowest BCUT2D eigenvalue weighted by Gasteiger charge is -2.20. The van der Waals surface area contributed by atoms with Gasteiger partial charge in [-0.15, -0.1) is 0 Å². The Morgan fingerprint density at radius 1 is 1.39 bits per heavy atom. The third-order valence-electron chi connectivity index (χ3n) is 3.65. The molecule has 1 aromatic carbocycles. The first-order chi connectivity index (χ1) is 8.58. The highest BCUT2D eigenvalue weighted by atomic mass is 16.5. The van der Waals surface area contributed by atoms with Crippen molar-refractivity contribution in [3.63, 3.8) is 0 Å². The molecule has 3 heteroatoms. The summed E-state index contributed by atoms with van der Waals surface area (Å²) in [5.74, 6) is -0.0129. The van der Waals surface area contributed by atoms with Crippen LogP contribution in [0, 0.1) is 13.8 Å². The molecule has 0 spiro atoms. The second kappa shape index (κ2) is 5.53. The summed E-state index contributed by atoms with van der Waals surface area (Å²) in [4.78, 5) is 12.1. The Labute approximate surface area is 109 Å². The molecule has 1 fully saturated rings. The van der Waals surface area contributed by atoms with Gasteiger partial charge in [-0.25, -0.2) is 0 Å². The minimum Gasteiger partial charge on any atom is -0.376 e. The zero-order valence-corrected chi connectivity index (χ0v) is 11.3. The molecule has 0 aromatic heterocycles. The normalized spacial score (nSPS) is 20.7. The van der Waals surface area contributed by atoms with Gasteiger partial charge in [0.1, 0.15) is 0 Å². The Kier molecular flexibility index (Phi) is 4.02. The third kappa shape index (κ3) is 2.91. The van der Waals surface area contributed by atoms with Gasteiger partial charge in [0.05, 0.1) is 12.1 Å². The standard InChI is InChI=1S/C15H21NO2/c1-10-6-7-13(9-11(10)2)15(17)16-12(3)14-5-4-8-18-14/h6-7,9,12,14H,4-5,8H2,1-3H3,(H,16,17)/t12-,14+/m0/s1. The summed E-state index contributed by atoms with van der Waals surface area (Å²) in [5.41, 5.74) is 3.08. The summed E-state index contributed by atoms with van der Waals surface area (Å²) in [6, 6.07) is 5.87. The van der Waals surface area contributed by atoms with Gasteiger partial charge in [-0.1, -0.05) is 6.07 Å². The summed E-state index contributed by atoms with van der Waals surface area (Å²) >= 11 is 0. The maximum Gasteiger partial charge on any atom is 0.251 e. The van der Waals surface area contributed by atoms with Crippen LogP contribution in [-0.2, 0) is 4.74 Å². The highest BCUT2D eigenvalue weighted by molar-refractivity contribution is 5.94. The van der Waals surface area contributed by atoms with Crippen LogP contribution in [0.2, 0.25) is 0 Å². The molecule has 1 aliphatic heterocycles. The molecule has 18 heavy (non-hydrogen) atoms. The van der Waals surface area contributed by atoms with E-state index in [4.69, 9.17) is 4.74 Å². The van der Waals surface area contributed by atoms with Gasteiger partial charge in [-0.05, 0) is 56.9 Å². The van der Waals surface area contributed by atoms with Crippen molar-refractivity contribution in [2.75, 3.05) is 6.61 Å². The fraction of sp³-hybridized carbons (Fsp3) is 0.533. The van der Waals surface area contributed by atoms with E-state index in [0.29, 0.717) is 0 Å². The van der Waals surface area contributed by atoms with Gasteiger partial charge in [0.15, 0.2) is 0 Å². The lowest BCUT2D eigenvalue weighted by atomic mass is 10.0. The number of amides is 1. The van der Waals surface area contributed by atoms with E-state index in [0.717, 1.165) is 30.6 Å². The van der Waals surface area contributed by atoms with E-state index in [1.165, 1.54) is 5.56 Å². The van der Waals surface area contributed by atoms with Crippen molar-refractivity contribution in [2.45, 2.75) is 45.8 Å². The summed E-state index contributed by atoms with van der Waals surface area (Å²) in [7, 11) is 0. The second-order valence-electron chi connectivity index (χ2n) is 5.11. The van der Waals surface area contributed by atoms with Crippen LogP contribution in [0.5, 0.6) is 0 Å². The van der Waals surface area contributed by atoms with Crippen LogP contribution in [0.15, 0.2) is 18.2 Å². The topological polar surface area (TPSA) is 38.3 Å². The van der Waals surface area contributed by atoms with Crippen LogP contribution in [0.3, 0.4) is 0 Å². The van der Waals surface area contributed by atoms with Gasteiger partial charge in [0, 0.05) is 12.2 Å². The molecule has 98 valence electrons.